The predicted octanol–water partition coefficient (Wildman–Crippen LogP) is 5.37. The molecule has 0 saturated carbocycles. The van der Waals surface area contributed by atoms with Crippen molar-refractivity contribution in [3.63, 3.8) is 0 Å². The number of hydrogen-bond donors (Lipinski definition) is 1. The molecule has 1 fully saturated rings. The van der Waals surface area contributed by atoms with Crippen molar-refractivity contribution in [3.05, 3.63) is 82.4 Å². The van der Waals surface area contributed by atoms with Crippen LogP contribution in [-0.4, -0.2) is 59.6 Å². The minimum Gasteiger partial charge on any atom is -0.497 e. The number of hydrogen-bond acceptors (Lipinski definition) is 6. The van der Waals surface area contributed by atoms with Gasteiger partial charge in [-0.25, -0.2) is 9.37 Å². The molecule has 1 aliphatic rings. The van der Waals surface area contributed by atoms with Crippen molar-refractivity contribution < 1.29 is 18.3 Å². The zero-order valence-electron chi connectivity index (χ0n) is 24.0. The standard InChI is InChI=1S/C31H39F2N5O2/c1-20-8-12-34-18-24(20)19-38(28-7-6-26(40-5)17-27(28)32)25-10-14-37(15-11-25)22(3)9-13-35-31(39)30-21(2)16-29(33)36-23(30)4/h6-8,12,16-18,22,25H,9-11,13-15,19H2,1-5H3,(H,35,39). The summed E-state index contributed by atoms with van der Waals surface area (Å²) in [6.07, 6.45) is 6.20. The number of nitrogens with one attached hydrogen (secondary N) is 1. The molecule has 2 aromatic heterocycles. The Morgan fingerprint density at radius 2 is 1.90 bits per heavy atom. The molecule has 1 aromatic carbocycles. The highest BCUT2D eigenvalue weighted by molar-refractivity contribution is 5.96. The van der Waals surface area contributed by atoms with Gasteiger partial charge in [-0.1, -0.05) is 0 Å². The van der Waals surface area contributed by atoms with Crippen molar-refractivity contribution in [2.45, 2.75) is 65.6 Å². The van der Waals surface area contributed by atoms with E-state index < -0.39 is 5.95 Å². The number of aromatic nitrogens is 2. The van der Waals surface area contributed by atoms with Gasteiger partial charge in [0.15, 0.2) is 0 Å². The number of rotatable bonds is 10. The van der Waals surface area contributed by atoms with Crippen molar-refractivity contribution in [1.82, 2.24) is 20.2 Å². The zero-order chi connectivity index (χ0) is 28.8. The zero-order valence-corrected chi connectivity index (χ0v) is 24.0. The highest BCUT2D eigenvalue weighted by Gasteiger charge is 2.29. The molecular weight excluding hydrogens is 512 g/mol. The Labute approximate surface area is 235 Å². The Hall–Kier alpha value is -3.59. The predicted molar refractivity (Wildman–Crippen MR) is 153 cm³/mol. The summed E-state index contributed by atoms with van der Waals surface area (Å²) in [4.78, 5) is 25.4. The van der Waals surface area contributed by atoms with Gasteiger partial charge in [0.1, 0.15) is 11.6 Å². The average Bonchev–Trinajstić information content (AvgIpc) is 2.92. The van der Waals surface area contributed by atoms with Gasteiger partial charge in [0.2, 0.25) is 5.95 Å². The fourth-order valence-corrected chi connectivity index (χ4v) is 5.54. The molecule has 3 heterocycles. The van der Waals surface area contributed by atoms with E-state index in [4.69, 9.17) is 4.74 Å². The van der Waals surface area contributed by atoms with Crippen LogP contribution >= 0.6 is 0 Å². The molecule has 1 amide bonds. The molecule has 1 aliphatic heterocycles. The number of amides is 1. The third-order valence-corrected chi connectivity index (χ3v) is 7.96. The van der Waals surface area contributed by atoms with Crippen molar-refractivity contribution in [2.24, 2.45) is 0 Å². The molecule has 214 valence electrons. The van der Waals surface area contributed by atoms with E-state index in [1.54, 1.807) is 32.2 Å². The number of pyridine rings is 2. The van der Waals surface area contributed by atoms with Crippen LogP contribution in [0.15, 0.2) is 42.7 Å². The molecule has 0 radical (unpaired) electrons. The van der Waals surface area contributed by atoms with Crippen LogP contribution in [0, 0.1) is 32.5 Å². The number of halogens is 2. The first kappa shape index (κ1) is 29.4. The molecule has 0 bridgehead atoms. The normalized spacial score (nSPS) is 15.1. The van der Waals surface area contributed by atoms with Crippen LogP contribution in [0.2, 0.25) is 0 Å². The van der Waals surface area contributed by atoms with Gasteiger partial charge >= 0.3 is 0 Å². The Kier molecular flexibility index (Phi) is 9.68. The number of piperidine rings is 1. The maximum absolute atomic E-state index is 15.2. The smallest absolute Gasteiger partial charge is 0.253 e. The van der Waals surface area contributed by atoms with E-state index in [-0.39, 0.29) is 23.8 Å². The van der Waals surface area contributed by atoms with Crippen molar-refractivity contribution in [3.8, 4) is 5.75 Å². The molecule has 7 nitrogen and oxygen atoms in total. The van der Waals surface area contributed by atoms with E-state index >= 15 is 4.39 Å². The number of ether oxygens (including phenoxy) is 1. The van der Waals surface area contributed by atoms with Crippen molar-refractivity contribution >= 4 is 11.6 Å². The molecule has 1 unspecified atom stereocenters. The van der Waals surface area contributed by atoms with Gasteiger partial charge in [0.05, 0.1) is 24.1 Å². The number of aryl methyl sites for hydroxylation is 3. The summed E-state index contributed by atoms with van der Waals surface area (Å²) in [7, 11) is 1.54. The van der Waals surface area contributed by atoms with Gasteiger partial charge in [-0.2, -0.15) is 4.39 Å². The maximum atomic E-state index is 15.2. The van der Waals surface area contributed by atoms with Crippen LogP contribution in [0.25, 0.3) is 0 Å². The fourth-order valence-electron chi connectivity index (χ4n) is 5.54. The van der Waals surface area contributed by atoms with Crippen LogP contribution in [0.4, 0.5) is 14.5 Å². The Bertz CT molecular complexity index is 1300. The van der Waals surface area contributed by atoms with E-state index in [1.165, 1.54) is 19.2 Å². The van der Waals surface area contributed by atoms with Crippen LogP contribution in [0.1, 0.15) is 58.9 Å². The summed E-state index contributed by atoms with van der Waals surface area (Å²) in [6, 6.07) is 8.75. The van der Waals surface area contributed by atoms with E-state index in [0.29, 0.717) is 41.3 Å². The number of nitrogens with zero attached hydrogens (tertiary/aromatic N) is 4. The molecule has 9 heteroatoms. The molecule has 3 aromatic rings. The average molecular weight is 552 g/mol. The van der Waals surface area contributed by atoms with Gasteiger partial charge in [-0.15, -0.1) is 0 Å². The topological polar surface area (TPSA) is 70.6 Å². The van der Waals surface area contributed by atoms with Gasteiger partial charge in [-0.3, -0.25) is 9.78 Å². The first-order chi connectivity index (χ1) is 19.2. The van der Waals surface area contributed by atoms with Gasteiger partial charge in [0, 0.05) is 56.7 Å². The minimum atomic E-state index is -0.576. The number of benzene rings is 1. The molecule has 1 saturated heterocycles. The number of likely N-dealkylation sites (tertiary alicyclic amines) is 1. The minimum absolute atomic E-state index is 0.169. The first-order valence-corrected chi connectivity index (χ1v) is 13.8. The summed E-state index contributed by atoms with van der Waals surface area (Å²) < 4.78 is 34.0. The van der Waals surface area contributed by atoms with Crippen molar-refractivity contribution in [1.29, 1.82) is 0 Å². The van der Waals surface area contributed by atoms with Crippen LogP contribution in [0.3, 0.4) is 0 Å². The Morgan fingerprint density at radius 3 is 2.55 bits per heavy atom. The first-order valence-electron chi connectivity index (χ1n) is 13.8. The van der Waals surface area contributed by atoms with E-state index in [0.717, 1.165) is 43.5 Å². The van der Waals surface area contributed by atoms with Gasteiger partial charge in [-0.05, 0) is 87.9 Å². The monoisotopic (exact) mass is 551 g/mol. The largest absolute Gasteiger partial charge is 0.497 e. The Balaban J connectivity index is 1.37. The number of carbonyl (C=O) groups is 1. The quantitative estimate of drug-likeness (QED) is 0.342. The lowest BCUT2D eigenvalue weighted by molar-refractivity contribution is 0.0943. The molecule has 4 rings (SSSR count). The van der Waals surface area contributed by atoms with Crippen LogP contribution in [0.5, 0.6) is 5.75 Å². The number of carbonyl (C=O) groups excluding carboxylic acids is 1. The van der Waals surface area contributed by atoms with E-state index in [1.807, 2.05) is 12.3 Å². The molecule has 40 heavy (non-hydrogen) atoms. The van der Waals surface area contributed by atoms with Gasteiger partial charge in [0.25, 0.3) is 5.91 Å². The highest BCUT2D eigenvalue weighted by Crippen LogP contribution is 2.31. The number of anilines is 1. The lowest BCUT2D eigenvalue weighted by Crippen LogP contribution is -2.48. The fraction of sp³-hybridized carbons (Fsp3) is 0.452. The second kappa shape index (κ2) is 13.2. The van der Waals surface area contributed by atoms with E-state index in [9.17, 15) is 9.18 Å². The summed E-state index contributed by atoms with van der Waals surface area (Å²) in [5.74, 6) is -0.603. The SMILES string of the molecule is COc1ccc(N(Cc2cnccc2C)C2CCN(C(C)CCNC(=O)c3c(C)cc(F)nc3C)CC2)c(F)c1. The number of methoxy groups -OCH3 is 1. The second-order valence-electron chi connectivity index (χ2n) is 10.6. The maximum Gasteiger partial charge on any atom is 0.253 e. The lowest BCUT2D eigenvalue weighted by atomic mass is 9.98. The molecule has 1 N–H and O–H groups in total. The molecule has 0 aliphatic carbocycles. The molecule has 0 spiro atoms. The highest BCUT2D eigenvalue weighted by atomic mass is 19.1. The van der Waals surface area contributed by atoms with E-state index in [2.05, 4.69) is 38.9 Å². The van der Waals surface area contributed by atoms with Crippen molar-refractivity contribution in [2.75, 3.05) is 31.6 Å². The third-order valence-electron chi connectivity index (χ3n) is 7.96. The molecular formula is C31H39F2N5O2. The second-order valence-corrected chi connectivity index (χ2v) is 10.6. The summed E-state index contributed by atoms with van der Waals surface area (Å²) in [6.45, 7) is 10.4. The Morgan fingerprint density at radius 1 is 1.15 bits per heavy atom. The third kappa shape index (κ3) is 6.94. The van der Waals surface area contributed by atoms with Gasteiger partial charge < -0.3 is 19.9 Å². The summed E-state index contributed by atoms with van der Waals surface area (Å²) in [5.41, 5.74) is 4.18. The van der Waals surface area contributed by atoms with Crippen LogP contribution in [-0.2, 0) is 6.54 Å². The lowest BCUT2D eigenvalue weighted by Gasteiger charge is -2.42. The molecule has 1 atom stereocenters. The summed E-state index contributed by atoms with van der Waals surface area (Å²) >= 11 is 0. The van der Waals surface area contributed by atoms with Crippen LogP contribution < -0.4 is 15.0 Å². The summed E-state index contributed by atoms with van der Waals surface area (Å²) in [5, 5.41) is 2.97.